The lowest BCUT2D eigenvalue weighted by Gasteiger charge is -2.42. The molecule has 0 spiro atoms. The van der Waals surface area contributed by atoms with E-state index in [4.69, 9.17) is 4.74 Å². The zero-order chi connectivity index (χ0) is 104. The Bertz CT molecular complexity index is 5280. The smallest absolute Gasteiger partial charge is 0.460 e. The molecule has 0 aliphatic carbocycles. The molecule has 0 N–H and O–H groups in total. The summed E-state index contributed by atoms with van der Waals surface area (Å²) >= 11 is 0. The van der Waals surface area contributed by atoms with E-state index in [1.165, 1.54) is 110 Å². The van der Waals surface area contributed by atoms with Gasteiger partial charge in [-0.1, -0.05) is 184 Å². The highest BCUT2D eigenvalue weighted by atomic mass is 32.2. The van der Waals surface area contributed by atoms with Crippen LogP contribution < -0.4 is 4.74 Å². The lowest BCUT2D eigenvalue weighted by molar-refractivity contribution is -0.458. The number of hydrogen-bond donors (Lipinski definition) is 0. The summed E-state index contributed by atoms with van der Waals surface area (Å²) in [5, 5.41) is -22.2. The van der Waals surface area contributed by atoms with Crippen LogP contribution in [-0.2, 0) is 63.0 Å². The number of aryl methyl sites for hydroxylation is 6. The maximum Gasteiger partial charge on any atom is 0.460 e. The first-order valence-corrected chi connectivity index (χ1v) is 45.5. The van der Waals surface area contributed by atoms with Crippen LogP contribution in [0.2, 0.25) is 0 Å². The molecular weight excluding hydrogens is 2030 g/mol. The van der Waals surface area contributed by atoms with Gasteiger partial charge in [0.15, 0.2) is 74.4 Å². The maximum atomic E-state index is 13.0. The average molecular weight is 2100 g/mol. The van der Waals surface area contributed by atoms with Crippen molar-refractivity contribution in [3.8, 4) is 5.75 Å². The van der Waals surface area contributed by atoms with E-state index < -0.39 is 124 Å². The van der Waals surface area contributed by atoms with Gasteiger partial charge >= 0.3 is 93.5 Å². The van der Waals surface area contributed by atoms with Gasteiger partial charge in [0.2, 0.25) is 0 Å². The van der Waals surface area contributed by atoms with Crippen LogP contribution in [-0.4, -0.2) is 139 Å². The van der Waals surface area contributed by atoms with Crippen LogP contribution in [0.1, 0.15) is 78.8 Å². The minimum absolute atomic E-state index is 0.0460. The third-order valence-electron chi connectivity index (χ3n) is 18.2. The molecule has 0 unspecified atom stereocenters. The van der Waals surface area contributed by atoms with Crippen molar-refractivity contribution < 1.29 is 197 Å². The van der Waals surface area contributed by atoms with Crippen molar-refractivity contribution in [2.45, 2.75) is 225 Å². The topological polar surface area (TPSA) is 181 Å². The van der Waals surface area contributed by atoms with E-state index in [9.17, 15) is 193 Å². The third-order valence-corrected chi connectivity index (χ3v) is 28.1. The number of ether oxygens (including phenoxy) is 1. The summed E-state index contributed by atoms with van der Waals surface area (Å²) in [4.78, 5) is 12.4. The van der Waals surface area contributed by atoms with Crippen molar-refractivity contribution in [2.75, 3.05) is 6.61 Å². The summed E-state index contributed by atoms with van der Waals surface area (Å²) in [6.45, 7) is 16.4. The van der Waals surface area contributed by atoms with Crippen molar-refractivity contribution in [3.05, 3.63) is 264 Å². The molecule has 0 heterocycles. The Morgan fingerprint density at radius 3 is 0.652 bits per heavy atom. The van der Waals surface area contributed by atoms with Gasteiger partial charge < -0.3 is 18.4 Å². The lowest BCUT2D eigenvalue weighted by Crippen LogP contribution is -2.75. The first kappa shape index (κ1) is 118. The Morgan fingerprint density at radius 1 is 0.244 bits per heavy atom. The number of halogens is 35. The van der Waals surface area contributed by atoms with Crippen LogP contribution in [0.5, 0.6) is 5.75 Å². The summed E-state index contributed by atoms with van der Waals surface area (Å²) in [6, 6.07) is 82.8. The molecule has 750 valence electrons. The second-order valence-corrected chi connectivity index (χ2v) is 38.7. The van der Waals surface area contributed by atoms with E-state index in [-0.39, 0.29) is 32.7 Å². The molecule has 0 bridgehead atoms. The molecule has 51 heteroatoms. The second-order valence-electron chi connectivity index (χ2n) is 28.5. The highest BCUT2D eigenvalue weighted by molar-refractivity contribution is 7.97. The molecule has 9 aromatic carbocycles. The van der Waals surface area contributed by atoms with Gasteiger partial charge in [0.1, 0.15) is 5.75 Å². The molecule has 0 radical (unpaired) electrons. The SMILES string of the molecule is CCCCCCCCOc1ccc([S+](c2ccccc2)c2ccccc2)cc1.Cc1cc(C)c([S+](c2ccccc2)c2ccccc2)c(C)c1.Cc1cc(C)c([S+](c2ccccc2)c2ccccc2)c(C)c1.O=S(=O)([O-])C(F)(F)C(F)(F)C(F)(F)C(F)(F)C(F)(F)C(F)(F)C(F)(F)C(F)(F)F.O=S(=O)([O-])C(F)(F)C(F)(F)C(F)(F)C(F)(F)F.O=S(=O)([O-])C(F)(F)C(F)(F)C(F)(F)C(F)(F)F. The van der Waals surface area contributed by atoms with Crippen molar-refractivity contribution >= 4 is 63.0 Å². The molecule has 135 heavy (non-hydrogen) atoms. The summed E-state index contributed by atoms with van der Waals surface area (Å²) in [7, 11) is -23.2. The molecule has 10 nitrogen and oxygen atoms in total. The predicted molar refractivity (Wildman–Crippen MR) is 423 cm³/mol. The molecule has 0 saturated carbocycles. The molecule has 0 amide bonds. The number of unbranched alkanes of at least 4 members (excludes halogenated alkanes) is 5. The van der Waals surface area contributed by atoms with Crippen LogP contribution in [0.4, 0.5) is 154 Å². The van der Waals surface area contributed by atoms with E-state index in [1.54, 1.807) is 0 Å². The molecule has 0 saturated heterocycles. The van der Waals surface area contributed by atoms with Gasteiger partial charge in [-0.25, -0.2) is 25.3 Å². The molecule has 9 rings (SSSR count). The van der Waals surface area contributed by atoms with Gasteiger partial charge in [-0.05, 0) is 145 Å². The second kappa shape index (κ2) is 44.5. The maximum absolute atomic E-state index is 13.0. The molecule has 9 aromatic rings. The van der Waals surface area contributed by atoms with Crippen molar-refractivity contribution in [2.24, 2.45) is 0 Å². The molecule has 0 aromatic heterocycles. The molecule has 0 aliphatic heterocycles. The van der Waals surface area contributed by atoms with E-state index >= 15 is 0 Å². The fraction of sp³-hybridized carbons (Fsp3) is 0.357. The first-order valence-electron chi connectivity index (χ1n) is 37.6. The zero-order valence-corrected chi connectivity index (χ0v) is 74.5. The van der Waals surface area contributed by atoms with Crippen LogP contribution in [0.15, 0.2) is 275 Å². The summed E-state index contributed by atoms with van der Waals surface area (Å²) in [5.41, 5.74) is 8.20. The predicted octanol–water partition coefficient (Wildman–Crippen LogP) is 27.3. The molecular formula is C84H73F35O10S6. The standard InChI is InChI=1S/C26H31OS.2C21H21S.C8HF17O3S.2C4HF9O3S/c1-2-3-4-5-6-13-22-27-23-18-20-26(21-19-23)28(24-14-9-7-10-15-24)25-16-11-8-12-17-25;2*1-16-14-17(2)21(18(3)15-16)22(19-10-6-4-7-11-19)20-12-8-5-9-13-20;9-1(10,3(13,14)5(17,18)7(21,22)23)2(11,12)4(15,16)6(19,20)8(24,25)29(26,27)28;2*5-1(6,3(9,10)11)2(7,8)4(12,13)17(14,15)16/h7-12,14-21H,2-6,13,22H2,1H3;2*4-15H,1-3H3;(H,26,27,28);2*(H,14,15,16)/q3*+1;;;/p-3. The van der Waals surface area contributed by atoms with Crippen molar-refractivity contribution in [1.29, 1.82) is 0 Å². The van der Waals surface area contributed by atoms with Crippen LogP contribution in [0, 0.1) is 41.5 Å². The summed E-state index contributed by atoms with van der Waals surface area (Å²) < 4.78 is 521. The first-order chi connectivity index (χ1) is 61.2. The van der Waals surface area contributed by atoms with Crippen LogP contribution in [0.3, 0.4) is 0 Å². The molecule has 0 atom stereocenters. The Hall–Kier alpha value is -8.89. The quantitative estimate of drug-likeness (QED) is 0.0182. The Morgan fingerprint density at radius 2 is 0.430 bits per heavy atom. The van der Waals surface area contributed by atoms with Gasteiger partial charge in [-0.15, -0.1) is 0 Å². The van der Waals surface area contributed by atoms with E-state index in [2.05, 4.69) is 279 Å². The Kier molecular flexibility index (Phi) is 39.0. The van der Waals surface area contributed by atoms with Gasteiger partial charge in [0.05, 0.1) is 39.3 Å². The normalized spacial score (nSPS) is 13.5. The van der Waals surface area contributed by atoms with Crippen molar-refractivity contribution in [3.63, 3.8) is 0 Å². The van der Waals surface area contributed by atoms with Gasteiger partial charge in [0.25, 0.3) is 0 Å². The van der Waals surface area contributed by atoms with E-state index in [0.717, 1.165) is 18.8 Å². The van der Waals surface area contributed by atoms with E-state index in [1.807, 2.05) is 0 Å². The summed E-state index contributed by atoms with van der Waals surface area (Å²) in [5.74, 6) is -80.8. The number of hydrogen-bond acceptors (Lipinski definition) is 10. The highest BCUT2D eigenvalue weighted by Crippen LogP contribution is 2.65. The lowest BCUT2D eigenvalue weighted by atomic mass is 9.91. The minimum atomic E-state index is -8.92. The number of alkyl halides is 35. The highest BCUT2D eigenvalue weighted by Gasteiger charge is 2.96. The fourth-order valence-corrected chi connectivity index (χ4v) is 19.7. The minimum Gasteiger partial charge on any atom is -0.743 e. The Labute approximate surface area is 757 Å². The number of rotatable bonds is 30. The van der Waals surface area contributed by atoms with Crippen LogP contribution in [0.25, 0.3) is 0 Å². The number of benzene rings is 9. The monoisotopic (exact) mass is 2100 g/mol. The van der Waals surface area contributed by atoms with Crippen LogP contribution >= 0.6 is 0 Å². The largest absolute Gasteiger partial charge is 0.743 e. The summed E-state index contributed by atoms with van der Waals surface area (Å²) in [6.07, 6.45) is -14.5. The van der Waals surface area contributed by atoms with Gasteiger partial charge in [0, 0.05) is 22.3 Å². The average Bonchev–Trinajstić information content (AvgIpc) is 0.686. The van der Waals surface area contributed by atoms with Crippen molar-refractivity contribution in [1.82, 2.24) is 0 Å². The van der Waals surface area contributed by atoms with Gasteiger partial charge in [-0.2, -0.15) is 154 Å². The molecule has 0 fully saturated rings. The third kappa shape index (κ3) is 26.0. The fourth-order valence-electron chi connectivity index (χ4n) is 11.6. The van der Waals surface area contributed by atoms with E-state index in [0.29, 0.717) is 0 Å². The Balaban J connectivity index is 0.000000342. The zero-order valence-electron chi connectivity index (χ0n) is 69.6. The molecule has 0 aliphatic rings. The van der Waals surface area contributed by atoms with Gasteiger partial charge in [-0.3, -0.25) is 0 Å².